The molecule has 2 amide bonds. The van der Waals surface area contributed by atoms with Crippen molar-refractivity contribution in [1.29, 1.82) is 0 Å². The summed E-state index contributed by atoms with van der Waals surface area (Å²) in [6, 6.07) is 3.91. The molecule has 1 aromatic carbocycles. The molecule has 1 fully saturated rings. The van der Waals surface area contributed by atoms with Crippen molar-refractivity contribution in [2.24, 2.45) is 0 Å². The fourth-order valence-corrected chi connectivity index (χ4v) is 5.33. The summed E-state index contributed by atoms with van der Waals surface area (Å²) >= 11 is 6.21. The van der Waals surface area contributed by atoms with Crippen LogP contribution in [0.1, 0.15) is 20.3 Å². The minimum absolute atomic E-state index is 0.121. The van der Waals surface area contributed by atoms with E-state index in [-0.39, 0.29) is 40.9 Å². The Balaban J connectivity index is 1.78. The normalized spacial score (nSPS) is 18.8. The zero-order valence-corrected chi connectivity index (χ0v) is 17.0. The Labute approximate surface area is 168 Å². The van der Waals surface area contributed by atoms with Gasteiger partial charge in [0.1, 0.15) is 6.04 Å². The van der Waals surface area contributed by atoms with E-state index < -0.39 is 16.1 Å². The number of fused-ring (bicyclic) bond motifs is 1. The number of carbonyl (C=O) groups is 2. The first-order valence-corrected chi connectivity index (χ1v) is 10.6. The van der Waals surface area contributed by atoms with Gasteiger partial charge in [0.2, 0.25) is 21.8 Å². The lowest BCUT2D eigenvalue weighted by molar-refractivity contribution is -0.128. The van der Waals surface area contributed by atoms with Crippen molar-refractivity contribution in [2.75, 3.05) is 13.1 Å². The lowest BCUT2D eigenvalue weighted by Crippen LogP contribution is -2.48. The van der Waals surface area contributed by atoms with Crippen molar-refractivity contribution < 1.29 is 18.0 Å². The molecule has 0 aliphatic carbocycles. The number of halogens is 1. The van der Waals surface area contributed by atoms with Gasteiger partial charge in [-0.3, -0.25) is 14.6 Å². The first-order chi connectivity index (χ1) is 13.2. The zero-order chi connectivity index (χ0) is 20.5. The van der Waals surface area contributed by atoms with E-state index in [2.05, 4.69) is 15.6 Å². The van der Waals surface area contributed by atoms with Crippen molar-refractivity contribution >= 4 is 44.2 Å². The molecule has 1 aliphatic heterocycles. The van der Waals surface area contributed by atoms with Crippen molar-refractivity contribution in [1.82, 2.24) is 19.9 Å². The molecule has 2 aromatic rings. The molecule has 0 saturated carbocycles. The summed E-state index contributed by atoms with van der Waals surface area (Å²) in [7, 11) is -3.80. The summed E-state index contributed by atoms with van der Waals surface area (Å²) in [6.07, 6.45) is 3.47. The lowest BCUT2D eigenvalue weighted by atomic mass is 10.2. The minimum Gasteiger partial charge on any atom is -0.350 e. The molecule has 150 valence electrons. The molecule has 1 saturated heterocycles. The number of carbonyl (C=O) groups excluding carboxylic acids is 2. The summed E-state index contributed by atoms with van der Waals surface area (Å²) in [4.78, 5) is 27.4. The van der Waals surface area contributed by atoms with Crippen LogP contribution in [0.5, 0.6) is 0 Å². The highest BCUT2D eigenvalue weighted by atomic mass is 35.5. The van der Waals surface area contributed by atoms with Gasteiger partial charge in [-0.25, -0.2) is 8.42 Å². The Morgan fingerprint density at radius 3 is 2.79 bits per heavy atom. The first-order valence-electron chi connectivity index (χ1n) is 8.80. The van der Waals surface area contributed by atoms with E-state index in [9.17, 15) is 18.0 Å². The number of hydrogen-bond donors (Lipinski definition) is 2. The van der Waals surface area contributed by atoms with Crippen LogP contribution >= 0.6 is 11.6 Å². The molecular formula is C18H21ClN4O4S. The van der Waals surface area contributed by atoms with Gasteiger partial charge in [-0.1, -0.05) is 23.7 Å². The molecular weight excluding hydrogens is 404 g/mol. The van der Waals surface area contributed by atoms with Crippen LogP contribution in [0.4, 0.5) is 0 Å². The standard InChI is InChI=1S/C18H21ClN4O4S/c1-11(21-12(2)24)18(25)22-14-6-7-23(10-14)28(26,27)16-5-3-4-13-8-20-9-15(19)17(13)16/h3-5,8-9,11,14H,6-7,10H2,1-2H3,(H,21,24)(H,22,25). The van der Waals surface area contributed by atoms with Gasteiger partial charge in [0.05, 0.1) is 9.92 Å². The Morgan fingerprint density at radius 1 is 1.32 bits per heavy atom. The molecule has 10 heteroatoms. The second-order valence-corrected chi connectivity index (χ2v) is 9.07. The number of amides is 2. The Kier molecular flexibility index (Phi) is 5.87. The molecule has 8 nitrogen and oxygen atoms in total. The van der Waals surface area contributed by atoms with Crippen molar-refractivity contribution in [3.63, 3.8) is 0 Å². The van der Waals surface area contributed by atoms with E-state index in [0.717, 1.165) is 0 Å². The number of rotatable bonds is 5. The summed E-state index contributed by atoms with van der Waals surface area (Å²) in [5, 5.41) is 6.64. The van der Waals surface area contributed by atoms with Crippen molar-refractivity contribution in [3.8, 4) is 0 Å². The average Bonchev–Trinajstić information content (AvgIpc) is 3.10. The Bertz CT molecular complexity index is 1020. The smallest absolute Gasteiger partial charge is 0.243 e. The largest absolute Gasteiger partial charge is 0.350 e. The molecule has 1 aliphatic rings. The molecule has 0 radical (unpaired) electrons. The molecule has 2 heterocycles. The van der Waals surface area contributed by atoms with E-state index in [4.69, 9.17) is 11.6 Å². The molecule has 2 N–H and O–H groups in total. The Morgan fingerprint density at radius 2 is 2.07 bits per heavy atom. The van der Waals surface area contributed by atoms with Crippen LogP contribution in [0.3, 0.4) is 0 Å². The molecule has 1 aromatic heterocycles. The highest BCUT2D eigenvalue weighted by Crippen LogP contribution is 2.32. The number of aromatic nitrogens is 1. The third-order valence-electron chi connectivity index (χ3n) is 4.63. The van der Waals surface area contributed by atoms with Gasteiger partial charge in [0.25, 0.3) is 0 Å². The van der Waals surface area contributed by atoms with Crippen LogP contribution in [0.2, 0.25) is 5.02 Å². The van der Waals surface area contributed by atoms with Crippen molar-refractivity contribution in [3.05, 3.63) is 35.6 Å². The number of sulfonamides is 1. The minimum atomic E-state index is -3.80. The first kappa shape index (κ1) is 20.5. The number of hydrogen-bond acceptors (Lipinski definition) is 5. The second-order valence-electron chi connectivity index (χ2n) is 6.76. The van der Waals surface area contributed by atoms with Crippen molar-refractivity contribution in [2.45, 2.75) is 37.2 Å². The topological polar surface area (TPSA) is 108 Å². The summed E-state index contributed by atoms with van der Waals surface area (Å²) in [5.74, 6) is -0.653. The molecule has 3 rings (SSSR count). The average molecular weight is 425 g/mol. The fourth-order valence-electron chi connectivity index (χ4n) is 3.27. The maximum Gasteiger partial charge on any atom is 0.243 e. The lowest BCUT2D eigenvalue weighted by Gasteiger charge is -2.20. The molecule has 28 heavy (non-hydrogen) atoms. The maximum absolute atomic E-state index is 13.2. The van der Waals surface area contributed by atoms with Crippen LogP contribution in [0, 0.1) is 0 Å². The quantitative estimate of drug-likeness (QED) is 0.751. The number of nitrogens with zero attached hydrogens (tertiary/aromatic N) is 2. The van der Waals surface area contributed by atoms with E-state index in [1.54, 1.807) is 25.3 Å². The summed E-state index contributed by atoms with van der Waals surface area (Å²) in [6.45, 7) is 3.34. The fraction of sp³-hybridized carbons (Fsp3) is 0.389. The molecule has 0 bridgehead atoms. The van der Waals surface area contributed by atoms with Crippen LogP contribution in [0.15, 0.2) is 35.5 Å². The van der Waals surface area contributed by atoms with E-state index >= 15 is 0 Å². The van der Waals surface area contributed by atoms with Crippen LogP contribution in [-0.4, -0.2) is 54.7 Å². The van der Waals surface area contributed by atoms with Gasteiger partial charge in [-0.15, -0.1) is 0 Å². The highest BCUT2D eigenvalue weighted by Gasteiger charge is 2.35. The number of pyridine rings is 1. The third-order valence-corrected chi connectivity index (χ3v) is 6.82. The van der Waals surface area contributed by atoms with Gasteiger partial charge in [0, 0.05) is 49.2 Å². The van der Waals surface area contributed by atoms with Crippen LogP contribution < -0.4 is 10.6 Å². The van der Waals surface area contributed by atoms with Crippen LogP contribution in [-0.2, 0) is 19.6 Å². The van der Waals surface area contributed by atoms with Gasteiger partial charge in [-0.05, 0) is 19.4 Å². The van der Waals surface area contributed by atoms with Crippen LogP contribution in [0.25, 0.3) is 10.8 Å². The summed E-state index contributed by atoms with van der Waals surface area (Å²) in [5.41, 5.74) is 0. The second kappa shape index (κ2) is 8.02. The van der Waals surface area contributed by atoms with Gasteiger partial charge < -0.3 is 10.6 Å². The molecule has 0 spiro atoms. The van der Waals surface area contributed by atoms with Gasteiger partial charge in [-0.2, -0.15) is 4.31 Å². The van der Waals surface area contributed by atoms with Gasteiger partial charge in [0.15, 0.2) is 0 Å². The SMILES string of the molecule is CC(=O)NC(C)C(=O)NC1CCN(S(=O)(=O)c2cccc3cncc(Cl)c23)C1. The number of nitrogens with one attached hydrogen (secondary N) is 2. The zero-order valence-electron chi connectivity index (χ0n) is 15.5. The summed E-state index contributed by atoms with van der Waals surface area (Å²) < 4.78 is 27.7. The van der Waals surface area contributed by atoms with Gasteiger partial charge >= 0.3 is 0 Å². The van der Waals surface area contributed by atoms with E-state index in [1.165, 1.54) is 23.5 Å². The van der Waals surface area contributed by atoms with E-state index in [1.807, 2.05) is 0 Å². The highest BCUT2D eigenvalue weighted by molar-refractivity contribution is 7.89. The van der Waals surface area contributed by atoms with E-state index in [0.29, 0.717) is 17.2 Å². The monoisotopic (exact) mass is 424 g/mol. The molecule has 2 unspecified atom stereocenters. The number of benzene rings is 1. The third kappa shape index (κ3) is 4.11. The predicted octanol–water partition coefficient (Wildman–Crippen LogP) is 1.29. The maximum atomic E-state index is 13.2. The predicted molar refractivity (Wildman–Crippen MR) is 105 cm³/mol. The molecule has 2 atom stereocenters. The Hall–Kier alpha value is -2.23.